The zero-order valence-electron chi connectivity index (χ0n) is 12.3. The molecule has 0 radical (unpaired) electrons. The summed E-state index contributed by atoms with van der Waals surface area (Å²) < 4.78 is 5.26. The highest BCUT2D eigenvalue weighted by Crippen LogP contribution is 2.23. The number of hydrogen-bond donors (Lipinski definition) is 2. The van der Waals surface area contributed by atoms with E-state index in [0.29, 0.717) is 19.6 Å². The maximum absolute atomic E-state index is 12.4. The zero-order valence-corrected chi connectivity index (χ0v) is 12.3. The fourth-order valence-electron chi connectivity index (χ4n) is 2.97. The van der Waals surface area contributed by atoms with Crippen LogP contribution in [0.3, 0.4) is 0 Å². The summed E-state index contributed by atoms with van der Waals surface area (Å²) in [5, 5.41) is 3.00. The first-order valence-corrected chi connectivity index (χ1v) is 7.66. The van der Waals surface area contributed by atoms with E-state index < -0.39 is 5.54 Å². The third-order valence-electron chi connectivity index (χ3n) is 4.36. The number of likely N-dealkylation sites (tertiary alicyclic amines) is 1. The van der Waals surface area contributed by atoms with Crippen LogP contribution in [0.4, 0.5) is 5.69 Å². The zero-order chi connectivity index (χ0) is 14.7. The molecule has 0 spiro atoms. The van der Waals surface area contributed by atoms with E-state index in [0.717, 1.165) is 30.9 Å². The lowest BCUT2D eigenvalue weighted by atomic mass is 9.99. The van der Waals surface area contributed by atoms with Gasteiger partial charge in [0.25, 0.3) is 0 Å². The van der Waals surface area contributed by atoms with Gasteiger partial charge in [0.2, 0.25) is 5.91 Å². The number of carbonyl (C=O) groups is 1. The van der Waals surface area contributed by atoms with Crippen molar-refractivity contribution in [1.29, 1.82) is 0 Å². The molecular weight excluding hydrogens is 266 g/mol. The molecule has 2 aliphatic rings. The second kappa shape index (κ2) is 6.13. The Balaban J connectivity index is 1.71. The van der Waals surface area contributed by atoms with Gasteiger partial charge in [-0.25, -0.2) is 0 Å². The van der Waals surface area contributed by atoms with Gasteiger partial charge in [0.15, 0.2) is 0 Å². The Bertz CT molecular complexity index is 506. The second-order valence-electron chi connectivity index (χ2n) is 6.05. The molecule has 3 N–H and O–H groups in total. The molecule has 0 bridgehead atoms. The van der Waals surface area contributed by atoms with Crippen LogP contribution in [0, 0.1) is 0 Å². The van der Waals surface area contributed by atoms with E-state index in [1.807, 2.05) is 18.2 Å². The lowest BCUT2D eigenvalue weighted by Gasteiger charge is -2.23. The standard InChI is InChI=1S/C16H23N3O2/c17-16(7-10-21-12-16)15(20)18-14-6-2-1-5-13(14)11-19-8-3-4-9-19/h1-2,5-6H,3-4,7-12,17H2,(H,18,20). The van der Waals surface area contributed by atoms with Crippen LogP contribution in [0.25, 0.3) is 0 Å². The van der Waals surface area contributed by atoms with Crippen molar-refractivity contribution in [2.75, 3.05) is 31.6 Å². The molecule has 0 aliphatic carbocycles. The maximum Gasteiger partial charge on any atom is 0.246 e. The predicted molar refractivity (Wildman–Crippen MR) is 81.9 cm³/mol. The van der Waals surface area contributed by atoms with Crippen molar-refractivity contribution in [1.82, 2.24) is 4.90 Å². The molecule has 2 heterocycles. The summed E-state index contributed by atoms with van der Waals surface area (Å²) in [7, 11) is 0. The van der Waals surface area contributed by atoms with Crippen LogP contribution in [0.2, 0.25) is 0 Å². The van der Waals surface area contributed by atoms with Gasteiger partial charge in [-0.05, 0) is 44.0 Å². The summed E-state index contributed by atoms with van der Waals surface area (Å²) in [6.45, 7) is 4.00. The van der Waals surface area contributed by atoms with Gasteiger partial charge in [-0.15, -0.1) is 0 Å². The Hall–Kier alpha value is -1.43. The van der Waals surface area contributed by atoms with Crippen LogP contribution in [-0.2, 0) is 16.1 Å². The van der Waals surface area contributed by atoms with Crippen LogP contribution in [0.5, 0.6) is 0 Å². The van der Waals surface area contributed by atoms with Gasteiger partial charge in [-0.1, -0.05) is 18.2 Å². The molecule has 3 rings (SSSR count). The first-order valence-electron chi connectivity index (χ1n) is 7.66. The highest BCUT2D eigenvalue weighted by atomic mass is 16.5. The Kier molecular flexibility index (Phi) is 4.24. The fraction of sp³-hybridized carbons (Fsp3) is 0.562. The Labute approximate surface area is 125 Å². The van der Waals surface area contributed by atoms with E-state index in [-0.39, 0.29) is 5.91 Å². The first-order chi connectivity index (χ1) is 10.2. The molecule has 5 nitrogen and oxygen atoms in total. The number of ether oxygens (including phenoxy) is 1. The molecule has 0 aromatic heterocycles. The van der Waals surface area contributed by atoms with Crippen LogP contribution < -0.4 is 11.1 Å². The SMILES string of the molecule is NC1(C(=O)Nc2ccccc2CN2CCCC2)CCOC1. The molecule has 2 aliphatic heterocycles. The lowest BCUT2D eigenvalue weighted by molar-refractivity contribution is -0.121. The number of rotatable bonds is 4. The van der Waals surface area contributed by atoms with Gasteiger partial charge in [0.1, 0.15) is 5.54 Å². The third-order valence-corrected chi connectivity index (χ3v) is 4.36. The number of benzene rings is 1. The molecule has 114 valence electrons. The van der Waals surface area contributed by atoms with E-state index in [1.165, 1.54) is 12.8 Å². The number of anilines is 1. The van der Waals surface area contributed by atoms with Crippen LogP contribution in [0.15, 0.2) is 24.3 Å². The van der Waals surface area contributed by atoms with E-state index in [4.69, 9.17) is 10.5 Å². The smallest absolute Gasteiger partial charge is 0.246 e. The number of amides is 1. The summed E-state index contributed by atoms with van der Waals surface area (Å²) in [4.78, 5) is 14.8. The topological polar surface area (TPSA) is 67.6 Å². The van der Waals surface area contributed by atoms with Gasteiger partial charge >= 0.3 is 0 Å². The molecule has 21 heavy (non-hydrogen) atoms. The van der Waals surface area contributed by atoms with Crippen LogP contribution >= 0.6 is 0 Å². The predicted octanol–water partition coefficient (Wildman–Crippen LogP) is 1.34. The summed E-state index contributed by atoms with van der Waals surface area (Å²) >= 11 is 0. The van der Waals surface area contributed by atoms with Crippen molar-refractivity contribution >= 4 is 11.6 Å². The largest absolute Gasteiger partial charge is 0.379 e. The minimum Gasteiger partial charge on any atom is -0.379 e. The van der Waals surface area contributed by atoms with E-state index in [1.54, 1.807) is 0 Å². The fourth-order valence-corrected chi connectivity index (χ4v) is 2.97. The minimum atomic E-state index is -0.888. The molecule has 1 atom stereocenters. The highest BCUT2D eigenvalue weighted by Gasteiger charge is 2.38. The summed E-state index contributed by atoms with van der Waals surface area (Å²) in [5.74, 6) is -0.145. The second-order valence-corrected chi connectivity index (χ2v) is 6.05. The number of hydrogen-bond acceptors (Lipinski definition) is 4. The molecule has 5 heteroatoms. The highest BCUT2D eigenvalue weighted by molar-refractivity contribution is 5.98. The molecule has 1 aromatic carbocycles. The van der Waals surface area contributed by atoms with Gasteiger partial charge in [-0.3, -0.25) is 9.69 Å². The van der Waals surface area contributed by atoms with Gasteiger partial charge in [0, 0.05) is 18.8 Å². The van der Waals surface area contributed by atoms with Crippen LogP contribution in [-0.4, -0.2) is 42.6 Å². The monoisotopic (exact) mass is 289 g/mol. The Morgan fingerprint density at radius 2 is 2.10 bits per heavy atom. The molecule has 1 aromatic rings. The van der Waals surface area contributed by atoms with Crippen molar-refractivity contribution in [2.24, 2.45) is 5.73 Å². The first kappa shape index (κ1) is 14.5. The van der Waals surface area contributed by atoms with Crippen molar-refractivity contribution in [3.8, 4) is 0 Å². The average Bonchev–Trinajstić information content (AvgIpc) is 3.13. The van der Waals surface area contributed by atoms with E-state index in [2.05, 4.69) is 16.3 Å². The average molecular weight is 289 g/mol. The number of nitrogens with two attached hydrogens (primary N) is 1. The molecule has 2 saturated heterocycles. The van der Waals surface area contributed by atoms with E-state index in [9.17, 15) is 4.79 Å². The maximum atomic E-state index is 12.4. The molecule has 1 amide bonds. The van der Waals surface area contributed by atoms with Crippen LogP contribution in [0.1, 0.15) is 24.8 Å². The Morgan fingerprint density at radius 3 is 2.81 bits per heavy atom. The number of para-hydroxylation sites is 1. The van der Waals surface area contributed by atoms with Gasteiger partial charge in [0.05, 0.1) is 6.61 Å². The normalized spacial score (nSPS) is 26.1. The summed E-state index contributed by atoms with van der Waals surface area (Å²) in [5.41, 5.74) is 7.24. The molecule has 2 fully saturated rings. The van der Waals surface area contributed by atoms with Gasteiger partial charge < -0.3 is 15.8 Å². The number of carbonyl (C=O) groups excluding carboxylic acids is 1. The quantitative estimate of drug-likeness (QED) is 0.878. The molecular formula is C16H23N3O2. The van der Waals surface area contributed by atoms with Crippen molar-refractivity contribution < 1.29 is 9.53 Å². The summed E-state index contributed by atoms with van der Waals surface area (Å²) in [6, 6.07) is 7.97. The molecule has 0 saturated carbocycles. The van der Waals surface area contributed by atoms with Crippen molar-refractivity contribution in [3.63, 3.8) is 0 Å². The Morgan fingerprint density at radius 1 is 1.33 bits per heavy atom. The molecule has 1 unspecified atom stereocenters. The number of nitrogens with one attached hydrogen (secondary N) is 1. The summed E-state index contributed by atoms with van der Waals surface area (Å²) in [6.07, 6.45) is 3.10. The van der Waals surface area contributed by atoms with E-state index >= 15 is 0 Å². The number of nitrogens with zero attached hydrogens (tertiary/aromatic N) is 1. The van der Waals surface area contributed by atoms with Crippen molar-refractivity contribution in [3.05, 3.63) is 29.8 Å². The van der Waals surface area contributed by atoms with Gasteiger partial charge in [-0.2, -0.15) is 0 Å². The lowest BCUT2D eigenvalue weighted by Crippen LogP contribution is -2.51. The third kappa shape index (κ3) is 3.26. The minimum absolute atomic E-state index is 0.145. The van der Waals surface area contributed by atoms with Crippen molar-refractivity contribution in [2.45, 2.75) is 31.3 Å².